The molecule has 0 bridgehead atoms. The van der Waals surface area contributed by atoms with Crippen molar-refractivity contribution >= 4 is 5.82 Å². The van der Waals surface area contributed by atoms with Crippen molar-refractivity contribution < 1.29 is 9.47 Å². The average Bonchev–Trinajstić information content (AvgIpc) is 2.47. The van der Waals surface area contributed by atoms with Crippen LogP contribution in [0.5, 0.6) is 5.75 Å². The van der Waals surface area contributed by atoms with Crippen molar-refractivity contribution in [3.63, 3.8) is 0 Å². The maximum Gasteiger partial charge on any atom is 0.165 e. The molecule has 2 N–H and O–H groups in total. The molecular formula is C14H15N3O2. The standard InChI is InChI=1S/C14H15N3O2/c1-18-12-5-3-2-4-9(12)14-16-11-6-7-19-8-10(11)13(15)17-14/h2-5H,6-8H2,1H3,(H2,15,16,17). The number of ether oxygens (including phenoxy) is 2. The molecule has 1 aliphatic heterocycles. The first-order valence-corrected chi connectivity index (χ1v) is 6.16. The molecule has 1 aliphatic rings. The van der Waals surface area contributed by atoms with Crippen LogP contribution in [-0.2, 0) is 17.8 Å². The topological polar surface area (TPSA) is 70.3 Å². The van der Waals surface area contributed by atoms with E-state index in [0.717, 1.165) is 29.0 Å². The van der Waals surface area contributed by atoms with Crippen LogP contribution in [0.15, 0.2) is 24.3 Å². The summed E-state index contributed by atoms with van der Waals surface area (Å²) in [5, 5.41) is 0. The zero-order valence-corrected chi connectivity index (χ0v) is 10.7. The molecule has 1 aromatic heterocycles. The molecule has 0 saturated carbocycles. The average molecular weight is 257 g/mol. The highest BCUT2D eigenvalue weighted by Gasteiger charge is 2.18. The summed E-state index contributed by atoms with van der Waals surface area (Å²) in [6.45, 7) is 1.17. The van der Waals surface area contributed by atoms with Crippen molar-refractivity contribution in [3.05, 3.63) is 35.5 Å². The summed E-state index contributed by atoms with van der Waals surface area (Å²) in [6.07, 6.45) is 0.768. The second-order valence-electron chi connectivity index (χ2n) is 4.36. The van der Waals surface area contributed by atoms with Gasteiger partial charge in [-0.15, -0.1) is 0 Å². The number of fused-ring (bicyclic) bond motifs is 1. The number of aromatic nitrogens is 2. The van der Waals surface area contributed by atoms with Crippen molar-refractivity contribution in [2.24, 2.45) is 0 Å². The van der Waals surface area contributed by atoms with Crippen LogP contribution in [0.2, 0.25) is 0 Å². The molecule has 1 aromatic carbocycles. The van der Waals surface area contributed by atoms with Crippen LogP contribution in [0.3, 0.4) is 0 Å². The highest BCUT2D eigenvalue weighted by molar-refractivity contribution is 5.66. The molecule has 0 aliphatic carbocycles. The van der Waals surface area contributed by atoms with Gasteiger partial charge < -0.3 is 15.2 Å². The first kappa shape index (κ1) is 11.9. The van der Waals surface area contributed by atoms with Crippen LogP contribution in [-0.4, -0.2) is 23.7 Å². The van der Waals surface area contributed by atoms with Gasteiger partial charge in [0.2, 0.25) is 0 Å². The zero-order valence-electron chi connectivity index (χ0n) is 10.7. The number of hydrogen-bond donors (Lipinski definition) is 1. The Morgan fingerprint density at radius 1 is 1.26 bits per heavy atom. The van der Waals surface area contributed by atoms with Crippen LogP contribution in [0.25, 0.3) is 11.4 Å². The lowest BCUT2D eigenvalue weighted by Crippen LogP contribution is -2.16. The van der Waals surface area contributed by atoms with Gasteiger partial charge in [0.05, 0.1) is 31.6 Å². The number of hydrogen-bond acceptors (Lipinski definition) is 5. The highest BCUT2D eigenvalue weighted by Crippen LogP contribution is 2.29. The third kappa shape index (κ3) is 2.13. The number of methoxy groups -OCH3 is 1. The van der Waals surface area contributed by atoms with Crippen LogP contribution in [0.4, 0.5) is 5.82 Å². The van der Waals surface area contributed by atoms with Crippen LogP contribution in [0.1, 0.15) is 11.3 Å². The van der Waals surface area contributed by atoms with Crippen molar-refractivity contribution in [2.75, 3.05) is 19.5 Å². The zero-order chi connectivity index (χ0) is 13.2. The van der Waals surface area contributed by atoms with E-state index in [0.29, 0.717) is 24.9 Å². The fraction of sp³-hybridized carbons (Fsp3) is 0.286. The monoisotopic (exact) mass is 257 g/mol. The Morgan fingerprint density at radius 3 is 2.95 bits per heavy atom. The van der Waals surface area contributed by atoms with Gasteiger partial charge in [-0.3, -0.25) is 0 Å². The van der Waals surface area contributed by atoms with Gasteiger partial charge in [-0.25, -0.2) is 9.97 Å². The molecule has 3 rings (SSSR count). The second kappa shape index (κ2) is 4.85. The summed E-state index contributed by atoms with van der Waals surface area (Å²) in [4.78, 5) is 8.97. The molecule has 5 heteroatoms. The fourth-order valence-corrected chi connectivity index (χ4v) is 2.21. The van der Waals surface area contributed by atoms with E-state index >= 15 is 0 Å². The van der Waals surface area contributed by atoms with Crippen molar-refractivity contribution in [2.45, 2.75) is 13.0 Å². The van der Waals surface area contributed by atoms with Crippen LogP contribution in [0, 0.1) is 0 Å². The minimum atomic E-state index is 0.491. The van der Waals surface area contributed by atoms with E-state index in [2.05, 4.69) is 9.97 Å². The first-order chi connectivity index (χ1) is 9.29. The molecule has 19 heavy (non-hydrogen) atoms. The van der Waals surface area contributed by atoms with Gasteiger partial charge in [0.1, 0.15) is 11.6 Å². The molecule has 5 nitrogen and oxygen atoms in total. The van der Waals surface area contributed by atoms with E-state index < -0.39 is 0 Å². The maximum atomic E-state index is 6.00. The lowest BCUT2D eigenvalue weighted by molar-refractivity contribution is 0.109. The Morgan fingerprint density at radius 2 is 2.11 bits per heavy atom. The fourth-order valence-electron chi connectivity index (χ4n) is 2.21. The third-order valence-corrected chi connectivity index (χ3v) is 3.20. The van der Waals surface area contributed by atoms with Gasteiger partial charge in [-0.2, -0.15) is 0 Å². The lowest BCUT2D eigenvalue weighted by atomic mass is 10.1. The largest absolute Gasteiger partial charge is 0.496 e. The predicted octanol–water partition coefficient (Wildman–Crippen LogP) is 1.81. The molecule has 98 valence electrons. The van der Waals surface area contributed by atoms with E-state index in [1.807, 2.05) is 24.3 Å². The molecule has 0 saturated heterocycles. The quantitative estimate of drug-likeness (QED) is 0.888. The Labute approximate surface area is 111 Å². The Hall–Kier alpha value is -2.14. The predicted molar refractivity (Wildman–Crippen MR) is 71.8 cm³/mol. The number of nitrogens with two attached hydrogens (primary N) is 1. The van der Waals surface area contributed by atoms with Gasteiger partial charge >= 0.3 is 0 Å². The molecule has 2 heterocycles. The molecular weight excluding hydrogens is 242 g/mol. The van der Waals surface area contributed by atoms with Crippen molar-refractivity contribution in [3.8, 4) is 17.1 Å². The summed E-state index contributed by atoms with van der Waals surface area (Å²) in [6, 6.07) is 7.66. The normalized spacial score (nSPS) is 13.9. The Kier molecular flexibility index (Phi) is 3.05. The molecule has 0 unspecified atom stereocenters. The summed E-state index contributed by atoms with van der Waals surface area (Å²) in [5.41, 5.74) is 8.73. The van der Waals surface area contributed by atoms with Gasteiger partial charge in [0.25, 0.3) is 0 Å². The molecule has 0 spiro atoms. The van der Waals surface area contributed by atoms with Crippen LogP contribution < -0.4 is 10.5 Å². The van der Waals surface area contributed by atoms with Gasteiger partial charge in [-0.05, 0) is 12.1 Å². The van der Waals surface area contributed by atoms with E-state index in [1.165, 1.54) is 0 Å². The summed E-state index contributed by atoms with van der Waals surface area (Å²) in [5.74, 6) is 1.84. The number of nitrogen functional groups attached to an aromatic ring is 1. The number of benzene rings is 1. The van der Waals surface area contributed by atoms with E-state index in [4.69, 9.17) is 15.2 Å². The van der Waals surface area contributed by atoms with Crippen LogP contribution >= 0.6 is 0 Å². The Bertz CT molecular complexity index is 614. The second-order valence-corrected chi connectivity index (χ2v) is 4.36. The smallest absolute Gasteiger partial charge is 0.165 e. The summed E-state index contributed by atoms with van der Waals surface area (Å²) in [7, 11) is 1.63. The first-order valence-electron chi connectivity index (χ1n) is 6.16. The molecule has 0 amide bonds. The minimum absolute atomic E-state index is 0.491. The van der Waals surface area contributed by atoms with Gasteiger partial charge in [0.15, 0.2) is 5.82 Å². The van der Waals surface area contributed by atoms with E-state index in [9.17, 15) is 0 Å². The third-order valence-electron chi connectivity index (χ3n) is 3.20. The minimum Gasteiger partial charge on any atom is -0.496 e. The van der Waals surface area contributed by atoms with E-state index in [-0.39, 0.29) is 0 Å². The molecule has 0 radical (unpaired) electrons. The Balaban J connectivity index is 2.13. The molecule has 0 atom stereocenters. The van der Waals surface area contributed by atoms with Gasteiger partial charge in [0, 0.05) is 12.0 Å². The number of para-hydroxylation sites is 1. The molecule has 2 aromatic rings. The molecule has 0 fully saturated rings. The van der Waals surface area contributed by atoms with E-state index in [1.54, 1.807) is 7.11 Å². The number of nitrogens with zero attached hydrogens (tertiary/aromatic N) is 2. The van der Waals surface area contributed by atoms with Crippen molar-refractivity contribution in [1.29, 1.82) is 0 Å². The SMILES string of the molecule is COc1ccccc1-c1nc(N)c2c(n1)CCOC2. The summed E-state index contributed by atoms with van der Waals surface area (Å²) >= 11 is 0. The van der Waals surface area contributed by atoms with Crippen molar-refractivity contribution in [1.82, 2.24) is 9.97 Å². The maximum absolute atomic E-state index is 6.00. The highest BCUT2D eigenvalue weighted by atomic mass is 16.5. The number of anilines is 1. The lowest BCUT2D eigenvalue weighted by Gasteiger charge is -2.18. The number of rotatable bonds is 2. The summed E-state index contributed by atoms with van der Waals surface area (Å²) < 4.78 is 10.7. The van der Waals surface area contributed by atoms with Gasteiger partial charge in [-0.1, -0.05) is 12.1 Å².